The highest BCUT2D eigenvalue weighted by molar-refractivity contribution is 6.31. The van der Waals surface area contributed by atoms with Gasteiger partial charge in [-0.2, -0.15) is 5.26 Å². The molecule has 0 amide bonds. The van der Waals surface area contributed by atoms with Gasteiger partial charge in [0.25, 0.3) is 5.56 Å². The van der Waals surface area contributed by atoms with Gasteiger partial charge in [0, 0.05) is 10.6 Å². The van der Waals surface area contributed by atoms with Crippen LogP contribution in [-0.2, 0) is 6.54 Å². The monoisotopic (exact) mass is 478 g/mol. The summed E-state index contributed by atoms with van der Waals surface area (Å²) < 4.78 is 6.74. The maximum absolute atomic E-state index is 13.3. The van der Waals surface area contributed by atoms with Crippen LogP contribution < -0.4 is 10.3 Å². The lowest BCUT2D eigenvalue weighted by atomic mass is 9.97. The van der Waals surface area contributed by atoms with E-state index in [0.29, 0.717) is 28.5 Å². The molecule has 0 bridgehead atoms. The number of ketones is 1. The van der Waals surface area contributed by atoms with Gasteiger partial charge in [-0.1, -0.05) is 56.0 Å². The molecule has 0 unspecified atom stereocenters. The van der Waals surface area contributed by atoms with Gasteiger partial charge in [0.1, 0.15) is 17.4 Å². The number of nitriles is 1. The number of ether oxygens (including phenoxy) is 1. The van der Waals surface area contributed by atoms with Crippen LogP contribution in [0.15, 0.2) is 53.3 Å². The number of pyridine rings is 1. The zero-order valence-corrected chi connectivity index (χ0v) is 20.1. The maximum atomic E-state index is 13.3. The lowest BCUT2D eigenvalue weighted by Crippen LogP contribution is -2.27. The summed E-state index contributed by atoms with van der Waals surface area (Å²) in [4.78, 5) is 26.2. The second-order valence-electron chi connectivity index (χ2n) is 8.06. The third-order valence-electron chi connectivity index (χ3n) is 5.70. The average molecular weight is 479 g/mol. The van der Waals surface area contributed by atoms with E-state index in [1.807, 2.05) is 6.07 Å². The SMILES string of the molecule is CCCCCCOc1ccc(C(=O)c2c(C)c(C#N)c(=O)n(Cc3ccccc3Cl)c2O)cc1. The molecule has 3 aromatic rings. The van der Waals surface area contributed by atoms with E-state index in [9.17, 15) is 20.0 Å². The summed E-state index contributed by atoms with van der Waals surface area (Å²) in [6, 6.07) is 15.4. The van der Waals surface area contributed by atoms with Crippen molar-refractivity contribution in [1.82, 2.24) is 4.57 Å². The van der Waals surface area contributed by atoms with Gasteiger partial charge in [-0.3, -0.25) is 14.2 Å². The number of nitrogens with zero attached hydrogens (tertiary/aromatic N) is 2. The van der Waals surface area contributed by atoms with E-state index in [-0.39, 0.29) is 23.2 Å². The first kappa shape index (κ1) is 25.1. The van der Waals surface area contributed by atoms with Crippen LogP contribution in [-0.4, -0.2) is 22.1 Å². The lowest BCUT2D eigenvalue weighted by molar-refractivity contribution is 0.103. The average Bonchev–Trinajstić information content (AvgIpc) is 2.83. The van der Waals surface area contributed by atoms with Crippen LogP contribution in [0.5, 0.6) is 11.6 Å². The molecule has 34 heavy (non-hydrogen) atoms. The van der Waals surface area contributed by atoms with E-state index in [1.165, 1.54) is 13.3 Å². The van der Waals surface area contributed by atoms with Crippen LogP contribution in [0.4, 0.5) is 0 Å². The summed E-state index contributed by atoms with van der Waals surface area (Å²) in [7, 11) is 0. The van der Waals surface area contributed by atoms with Gasteiger partial charge in [-0.05, 0) is 54.8 Å². The van der Waals surface area contributed by atoms with Gasteiger partial charge in [-0.15, -0.1) is 0 Å². The first-order valence-corrected chi connectivity index (χ1v) is 11.6. The van der Waals surface area contributed by atoms with E-state index in [0.717, 1.165) is 23.8 Å². The van der Waals surface area contributed by atoms with Gasteiger partial charge < -0.3 is 9.84 Å². The van der Waals surface area contributed by atoms with Gasteiger partial charge in [0.15, 0.2) is 5.78 Å². The normalized spacial score (nSPS) is 10.6. The number of unbranched alkanes of at least 4 members (excludes halogenated alkanes) is 3. The maximum Gasteiger partial charge on any atom is 0.271 e. The van der Waals surface area contributed by atoms with Crippen LogP contribution in [0.3, 0.4) is 0 Å². The second kappa shape index (κ2) is 11.5. The highest BCUT2D eigenvalue weighted by Gasteiger charge is 2.25. The molecule has 176 valence electrons. The van der Waals surface area contributed by atoms with Crippen molar-refractivity contribution in [1.29, 1.82) is 5.26 Å². The van der Waals surface area contributed by atoms with Crippen LogP contribution in [0.1, 0.15) is 65.2 Å². The topological polar surface area (TPSA) is 92.3 Å². The molecule has 3 rings (SSSR count). The molecule has 0 fully saturated rings. The Labute approximate surface area is 204 Å². The van der Waals surface area contributed by atoms with Crippen LogP contribution in [0, 0.1) is 18.3 Å². The number of aromatic hydroxyl groups is 1. The fourth-order valence-electron chi connectivity index (χ4n) is 3.73. The van der Waals surface area contributed by atoms with E-state index >= 15 is 0 Å². The molecule has 0 saturated carbocycles. The first-order chi connectivity index (χ1) is 16.4. The molecule has 0 spiro atoms. The van der Waals surface area contributed by atoms with Crippen molar-refractivity contribution in [2.24, 2.45) is 0 Å². The number of hydrogen-bond donors (Lipinski definition) is 1. The molecule has 1 aromatic heterocycles. The van der Waals surface area contributed by atoms with Gasteiger partial charge in [0.2, 0.25) is 5.88 Å². The summed E-state index contributed by atoms with van der Waals surface area (Å²) in [5.41, 5.74) is 0.0656. The largest absolute Gasteiger partial charge is 0.494 e. The minimum absolute atomic E-state index is 0.0790. The highest BCUT2D eigenvalue weighted by Crippen LogP contribution is 2.27. The molecule has 0 aliphatic heterocycles. The van der Waals surface area contributed by atoms with Crippen molar-refractivity contribution in [3.8, 4) is 17.7 Å². The Kier molecular flexibility index (Phi) is 8.50. The fraction of sp³-hybridized carbons (Fsp3) is 0.296. The molecule has 7 heteroatoms. The molecule has 0 radical (unpaired) electrons. The molecule has 0 aliphatic carbocycles. The van der Waals surface area contributed by atoms with Crippen molar-refractivity contribution in [3.63, 3.8) is 0 Å². The molecule has 1 heterocycles. The Morgan fingerprint density at radius 3 is 2.47 bits per heavy atom. The number of hydrogen-bond acceptors (Lipinski definition) is 5. The number of carbonyl (C=O) groups is 1. The number of aromatic nitrogens is 1. The quantitative estimate of drug-likeness (QED) is 0.301. The van der Waals surface area contributed by atoms with Crippen LogP contribution >= 0.6 is 11.6 Å². The van der Waals surface area contributed by atoms with E-state index in [1.54, 1.807) is 48.5 Å². The van der Waals surface area contributed by atoms with Crippen molar-refractivity contribution in [3.05, 3.63) is 91.7 Å². The Morgan fingerprint density at radius 1 is 1.12 bits per heavy atom. The van der Waals surface area contributed by atoms with Gasteiger partial charge >= 0.3 is 0 Å². The van der Waals surface area contributed by atoms with E-state index < -0.39 is 17.2 Å². The Bertz CT molecular complexity index is 1270. The van der Waals surface area contributed by atoms with Gasteiger partial charge in [0.05, 0.1) is 18.7 Å². The number of halogens is 1. The van der Waals surface area contributed by atoms with Crippen molar-refractivity contribution >= 4 is 17.4 Å². The molecule has 0 aliphatic rings. The van der Waals surface area contributed by atoms with Crippen molar-refractivity contribution < 1.29 is 14.6 Å². The van der Waals surface area contributed by atoms with Crippen molar-refractivity contribution in [2.75, 3.05) is 6.61 Å². The Balaban J connectivity index is 1.93. The summed E-state index contributed by atoms with van der Waals surface area (Å²) in [6.45, 7) is 4.16. The summed E-state index contributed by atoms with van der Waals surface area (Å²) in [5.74, 6) is -0.341. The third kappa shape index (κ3) is 5.49. The number of benzene rings is 2. The number of rotatable bonds is 10. The summed E-state index contributed by atoms with van der Waals surface area (Å²) >= 11 is 6.22. The van der Waals surface area contributed by atoms with E-state index in [2.05, 4.69) is 6.92 Å². The molecule has 1 N–H and O–H groups in total. The molecular weight excluding hydrogens is 452 g/mol. The lowest BCUT2D eigenvalue weighted by Gasteiger charge is -2.16. The molecule has 0 atom stereocenters. The summed E-state index contributed by atoms with van der Waals surface area (Å²) in [5, 5.41) is 21.0. The standard InChI is InChI=1S/C27H27ClN2O4/c1-3-4-5-8-15-34-21-13-11-19(12-14-21)25(31)24-18(2)22(16-29)26(32)30(27(24)33)17-20-9-6-7-10-23(20)28/h6-7,9-14,33H,3-5,8,15,17H2,1-2H3. The third-order valence-corrected chi connectivity index (χ3v) is 6.07. The number of carbonyl (C=O) groups excluding carboxylic acids is 1. The Hall–Kier alpha value is -3.56. The zero-order chi connectivity index (χ0) is 24.7. The molecule has 2 aromatic carbocycles. The van der Waals surface area contributed by atoms with Crippen molar-refractivity contribution in [2.45, 2.75) is 46.1 Å². The van der Waals surface area contributed by atoms with E-state index in [4.69, 9.17) is 16.3 Å². The fourth-order valence-corrected chi connectivity index (χ4v) is 3.93. The minimum atomic E-state index is -0.680. The highest BCUT2D eigenvalue weighted by atomic mass is 35.5. The summed E-state index contributed by atoms with van der Waals surface area (Å²) in [6.07, 6.45) is 4.40. The van der Waals surface area contributed by atoms with Crippen LogP contribution in [0.25, 0.3) is 0 Å². The van der Waals surface area contributed by atoms with Gasteiger partial charge in [-0.25, -0.2) is 0 Å². The van der Waals surface area contributed by atoms with Crippen LogP contribution in [0.2, 0.25) is 5.02 Å². The molecule has 6 nitrogen and oxygen atoms in total. The minimum Gasteiger partial charge on any atom is -0.494 e. The smallest absolute Gasteiger partial charge is 0.271 e. The Morgan fingerprint density at radius 2 is 1.82 bits per heavy atom. The second-order valence-corrected chi connectivity index (χ2v) is 8.46. The molecule has 0 saturated heterocycles. The molecular formula is C27H27ClN2O4. The predicted octanol–water partition coefficient (Wildman–Crippen LogP) is 5.63. The zero-order valence-electron chi connectivity index (χ0n) is 19.3. The first-order valence-electron chi connectivity index (χ1n) is 11.3. The predicted molar refractivity (Wildman–Crippen MR) is 132 cm³/mol.